The highest BCUT2D eigenvalue weighted by molar-refractivity contribution is 5.91. The molecule has 1 aliphatic heterocycles. The van der Waals surface area contributed by atoms with E-state index in [0.717, 1.165) is 31.7 Å². The fourth-order valence-electron chi connectivity index (χ4n) is 4.06. The number of amides is 1. The van der Waals surface area contributed by atoms with Gasteiger partial charge in [0.15, 0.2) is 0 Å². The molecule has 1 saturated heterocycles. The molecule has 3 heterocycles. The minimum Gasteiger partial charge on any atom is -0.361 e. The summed E-state index contributed by atoms with van der Waals surface area (Å²) in [4.78, 5) is 28.1. The van der Waals surface area contributed by atoms with Gasteiger partial charge in [-0.25, -0.2) is 9.97 Å². The molecule has 3 aromatic rings. The number of fused-ring (bicyclic) bond motifs is 1. The standard InChI is InChI=1S/C22H27N5O/c1-26(2)22(28)21-12-19(24-15-25-21)10-16-4-3-9-27(13-16)14-17-5-6-18-7-8-23-20(18)11-17/h5-8,11-12,15-16,23H,3-4,9-10,13-14H2,1-2H3/t16-/m0/s1. The molecule has 0 spiro atoms. The van der Waals surface area contributed by atoms with Crippen molar-refractivity contribution in [3.8, 4) is 0 Å². The minimum absolute atomic E-state index is 0.0753. The van der Waals surface area contributed by atoms with Crippen LogP contribution in [0.3, 0.4) is 0 Å². The molecule has 2 aromatic heterocycles. The maximum absolute atomic E-state index is 12.1. The average molecular weight is 377 g/mol. The van der Waals surface area contributed by atoms with Gasteiger partial charge < -0.3 is 9.88 Å². The lowest BCUT2D eigenvalue weighted by Gasteiger charge is -2.32. The molecule has 0 saturated carbocycles. The first-order valence-corrected chi connectivity index (χ1v) is 9.89. The van der Waals surface area contributed by atoms with Crippen molar-refractivity contribution in [2.75, 3.05) is 27.2 Å². The molecule has 6 nitrogen and oxygen atoms in total. The summed E-state index contributed by atoms with van der Waals surface area (Å²) in [5.74, 6) is 0.480. The summed E-state index contributed by atoms with van der Waals surface area (Å²) >= 11 is 0. The lowest BCUT2D eigenvalue weighted by molar-refractivity contribution is 0.0821. The van der Waals surface area contributed by atoms with Gasteiger partial charge in [0.1, 0.15) is 12.0 Å². The second-order valence-corrected chi connectivity index (χ2v) is 7.94. The Kier molecular flexibility index (Phi) is 5.39. The van der Waals surface area contributed by atoms with E-state index in [1.165, 1.54) is 35.6 Å². The molecule has 1 aliphatic rings. The number of benzene rings is 1. The highest BCUT2D eigenvalue weighted by Gasteiger charge is 2.21. The van der Waals surface area contributed by atoms with Gasteiger partial charge in [-0.15, -0.1) is 0 Å². The monoisotopic (exact) mass is 377 g/mol. The van der Waals surface area contributed by atoms with E-state index in [1.807, 2.05) is 12.3 Å². The highest BCUT2D eigenvalue weighted by Crippen LogP contribution is 2.23. The van der Waals surface area contributed by atoms with Gasteiger partial charge in [0, 0.05) is 44.6 Å². The van der Waals surface area contributed by atoms with Gasteiger partial charge in [0.25, 0.3) is 5.91 Å². The second-order valence-electron chi connectivity index (χ2n) is 7.94. The quantitative estimate of drug-likeness (QED) is 0.742. The van der Waals surface area contributed by atoms with Crippen LogP contribution in [-0.4, -0.2) is 57.8 Å². The van der Waals surface area contributed by atoms with Crippen LogP contribution in [0.15, 0.2) is 42.9 Å². The topological polar surface area (TPSA) is 65.1 Å². The number of hydrogen-bond acceptors (Lipinski definition) is 4. The summed E-state index contributed by atoms with van der Waals surface area (Å²) in [5.41, 5.74) is 3.98. The summed E-state index contributed by atoms with van der Waals surface area (Å²) in [5, 5.41) is 1.26. The van der Waals surface area contributed by atoms with E-state index < -0.39 is 0 Å². The Balaban J connectivity index is 1.40. The van der Waals surface area contributed by atoms with E-state index in [4.69, 9.17) is 0 Å². The van der Waals surface area contributed by atoms with Gasteiger partial charge in [-0.3, -0.25) is 9.69 Å². The Hall–Kier alpha value is -2.73. The van der Waals surface area contributed by atoms with Crippen LogP contribution >= 0.6 is 0 Å². The molecule has 6 heteroatoms. The van der Waals surface area contributed by atoms with Crippen molar-refractivity contribution in [3.63, 3.8) is 0 Å². The molecule has 0 unspecified atom stereocenters. The van der Waals surface area contributed by atoms with Crippen molar-refractivity contribution in [3.05, 3.63) is 59.8 Å². The number of H-pyrrole nitrogens is 1. The number of aromatic nitrogens is 3. The molecule has 146 valence electrons. The molecular formula is C22H27N5O. The van der Waals surface area contributed by atoms with Crippen molar-refractivity contribution in [1.29, 1.82) is 0 Å². The molecule has 1 amide bonds. The molecular weight excluding hydrogens is 350 g/mol. The SMILES string of the molecule is CN(C)C(=O)c1cc(C[C@@H]2CCCN(Cc3ccc4cc[nH]c4c3)C2)ncn1. The van der Waals surface area contributed by atoms with Crippen LogP contribution in [0.4, 0.5) is 0 Å². The summed E-state index contributed by atoms with van der Waals surface area (Å²) in [6.07, 6.45) is 6.79. The summed E-state index contributed by atoms with van der Waals surface area (Å²) in [6.45, 7) is 3.16. The molecule has 4 rings (SSSR count). The number of nitrogens with zero attached hydrogens (tertiary/aromatic N) is 4. The average Bonchev–Trinajstić information content (AvgIpc) is 3.15. The molecule has 1 aromatic carbocycles. The van der Waals surface area contributed by atoms with Crippen LogP contribution in [-0.2, 0) is 13.0 Å². The first-order chi connectivity index (χ1) is 13.6. The predicted octanol–water partition coefficient (Wildman–Crippen LogP) is 3.11. The number of carbonyl (C=O) groups is 1. The van der Waals surface area contributed by atoms with Crippen LogP contribution in [0.5, 0.6) is 0 Å². The fraction of sp³-hybridized carbons (Fsp3) is 0.409. The lowest BCUT2D eigenvalue weighted by Crippen LogP contribution is -2.35. The van der Waals surface area contributed by atoms with Crippen molar-refractivity contribution >= 4 is 16.8 Å². The molecule has 1 fully saturated rings. The number of rotatable bonds is 5. The summed E-state index contributed by atoms with van der Waals surface area (Å²) < 4.78 is 0. The zero-order valence-corrected chi connectivity index (χ0v) is 16.6. The summed E-state index contributed by atoms with van der Waals surface area (Å²) in [7, 11) is 3.49. The van der Waals surface area contributed by atoms with E-state index in [2.05, 4.69) is 44.1 Å². The molecule has 1 N–H and O–H groups in total. The molecule has 0 aliphatic carbocycles. The summed E-state index contributed by atoms with van der Waals surface area (Å²) in [6, 6.07) is 10.6. The largest absolute Gasteiger partial charge is 0.361 e. The smallest absolute Gasteiger partial charge is 0.272 e. The van der Waals surface area contributed by atoms with Crippen LogP contribution in [0.1, 0.15) is 34.6 Å². The zero-order valence-electron chi connectivity index (χ0n) is 16.6. The van der Waals surface area contributed by atoms with E-state index in [9.17, 15) is 4.79 Å². The van der Waals surface area contributed by atoms with Crippen molar-refractivity contribution in [1.82, 2.24) is 24.8 Å². The first kappa shape index (κ1) is 18.6. The predicted molar refractivity (Wildman–Crippen MR) is 110 cm³/mol. The van der Waals surface area contributed by atoms with Crippen molar-refractivity contribution in [2.24, 2.45) is 5.92 Å². The van der Waals surface area contributed by atoms with Crippen molar-refractivity contribution in [2.45, 2.75) is 25.8 Å². The third-order valence-corrected chi connectivity index (χ3v) is 5.48. The van der Waals surface area contributed by atoms with Gasteiger partial charge in [-0.1, -0.05) is 12.1 Å². The Morgan fingerprint density at radius 1 is 1.25 bits per heavy atom. The molecule has 0 radical (unpaired) electrons. The van der Waals surface area contributed by atoms with Crippen LogP contribution in [0.25, 0.3) is 10.9 Å². The number of likely N-dealkylation sites (tertiary alicyclic amines) is 1. The van der Waals surface area contributed by atoms with E-state index in [-0.39, 0.29) is 5.91 Å². The maximum atomic E-state index is 12.1. The van der Waals surface area contributed by atoms with Gasteiger partial charge >= 0.3 is 0 Å². The van der Waals surface area contributed by atoms with Gasteiger partial charge in [-0.2, -0.15) is 0 Å². The Labute approximate surface area is 165 Å². The molecule has 1 atom stereocenters. The highest BCUT2D eigenvalue weighted by atomic mass is 16.2. The van der Waals surface area contributed by atoms with Gasteiger partial charge in [-0.05, 0) is 60.9 Å². The van der Waals surface area contributed by atoms with E-state index in [0.29, 0.717) is 11.6 Å². The normalized spacial score (nSPS) is 17.7. The van der Waals surface area contributed by atoms with E-state index in [1.54, 1.807) is 19.0 Å². The number of aromatic amines is 1. The third-order valence-electron chi connectivity index (χ3n) is 5.48. The zero-order chi connectivity index (χ0) is 19.5. The Morgan fingerprint density at radius 2 is 2.14 bits per heavy atom. The molecule has 28 heavy (non-hydrogen) atoms. The number of carbonyl (C=O) groups excluding carboxylic acids is 1. The van der Waals surface area contributed by atoms with Gasteiger partial charge in [0.05, 0.1) is 0 Å². The Morgan fingerprint density at radius 3 is 3.00 bits per heavy atom. The van der Waals surface area contributed by atoms with Gasteiger partial charge in [0.2, 0.25) is 0 Å². The number of piperidine rings is 1. The Bertz CT molecular complexity index is 964. The van der Waals surface area contributed by atoms with Crippen LogP contribution in [0.2, 0.25) is 0 Å². The minimum atomic E-state index is -0.0753. The number of nitrogens with one attached hydrogen (secondary N) is 1. The fourth-order valence-corrected chi connectivity index (χ4v) is 4.06. The van der Waals surface area contributed by atoms with E-state index >= 15 is 0 Å². The number of hydrogen-bond donors (Lipinski definition) is 1. The first-order valence-electron chi connectivity index (χ1n) is 9.89. The molecule has 0 bridgehead atoms. The van der Waals surface area contributed by atoms with Crippen LogP contribution < -0.4 is 0 Å². The maximum Gasteiger partial charge on any atom is 0.272 e. The second kappa shape index (κ2) is 8.10. The lowest BCUT2D eigenvalue weighted by atomic mass is 9.92. The van der Waals surface area contributed by atoms with Crippen LogP contribution in [0, 0.1) is 5.92 Å². The van der Waals surface area contributed by atoms with Crippen molar-refractivity contribution < 1.29 is 4.79 Å². The third kappa shape index (κ3) is 4.22.